The van der Waals surface area contributed by atoms with Crippen molar-refractivity contribution >= 4 is 0 Å². The van der Waals surface area contributed by atoms with E-state index < -0.39 is 0 Å². The molecule has 0 unspecified atom stereocenters. The molecule has 4 rings (SSSR count). The van der Waals surface area contributed by atoms with Crippen molar-refractivity contribution < 1.29 is 14.6 Å². The van der Waals surface area contributed by atoms with Gasteiger partial charge in [-0.15, -0.1) is 0 Å². The average Bonchev–Trinajstić information content (AvgIpc) is 3.19. The predicted molar refractivity (Wildman–Crippen MR) is 71.5 cm³/mol. The summed E-state index contributed by atoms with van der Waals surface area (Å²) in [6, 6.07) is 6.59. The van der Waals surface area contributed by atoms with Gasteiger partial charge in [0.25, 0.3) is 0 Å². The average molecular weight is 260 g/mol. The van der Waals surface area contributed by atoms with Gasteiger partial charge in [-0.1, -0.05) is 12.1 Å². The molecule has 1 saturated heterocycles. The first-order valence-electron chi connectivity index (χ1n) is 7.25. The molecule has 1 N–H and O–H groups in total. The SMILES string of the molecule is OCC1(C2(c3ccc4c(c3)CCCO4)COC2)CC1. The number of aryl methyl sites for hydroxylation is 1. The number of rotatable bonds is 3. The highest BCUT2D eigenvalue weighted by Gasteiger charge is 2.63. The maximum atomic E-state index is 9.78. The smallest absolute Gasteiger partial charge is 0.122 e. The second kappa shape index (κ2) is 3.97. The van der Waals surface area contributed by atoms with Crippen molar-refractivity contribution in [3.63, 3.8) is 0 Å². The Morgan fingerprint density at radius 2 is 2.05 bits per heavy atom. The Balaban J connectivity index is 1.75. The maximum Gasteiger partial charge on any atom is 0.122 e. The summed E-state index contributed by atoms with van der Waals surface area (Å²) in [5.74, 6) is 1.04. The third-order valence-electron chi connectivity index (χ3n) is 5.33. The fourth-order valence-electron chi connectivity index (χ4n) is 3.68. The summed E-state index contributed by atoms with van der Waals surface area (Å²) < 4.78 is 11.2. The van der Waals surface area contributed by atoms with Crippen LogP contribution in [0.3, 0.4) is 0 Å². The van der Waals surface area contributed by atoms with E-state index in [9.17, 15) is 5.11 Å². The molecule has 0 radical (unpaired) electrons. The van der Waals surface area contributed by atoms with Gasteiger partial charge in [0.1, 0.15) is 5.75 Å². The molecule has 102 valence electrons. The Kier molecular flexibility index (Phi) is 2.45. The molecule has 3 nitrogen and oxygen atoms in total. The van der Waals surface area contributed by atoms with Crippen LogP contribution < -0.4 is 4.74 Å². The number of ether oxygens (including phenoxy) is 2. The summed E-state index contributed by atoms with van der Waals surface area (Å²) in [5, 5.41) is 9.78. The third kappa shape index (κ3) is 1.52. The van der Waals surface area contributed by atoms with E-state index in [1.54, 1.807) is 0 Å². The van der Waals surface area contributed by atoms with Crippen LogP contribution in [-0.4, -0.2) is 31.5 Å². The minimum atomic E-state index is 0.0498. The molecular formula is C16H20O3. The van der Waals surface area contributed by atoms with Crippen molar-refractivity contribution in [2.24, 2.45) is 5.41 Å². The van der Waals surface area contributed by atoms with Gasteiger partial charge < -0.3 is 14.6 Å². The van der Waals surface area contributed by atoms with E-state index in [0.717, 1.165) is 51.3 Å². The lowest BCUT2D eigenvalue weighted by Gasteiger charge is -2.48. The standard InChI is InChI=1S/C16H20O3/c17-9-15(5-6-15)16(10-18-11-16)13-3-4-14-12(8-13)2-1-7-19-14/h3-4,8,17H,1-2,5-7,9-11H2. The van der Waals surface area contributed by atoms with Crippen LogP contribution in [0.1, 0.15) is 30.4 Å². The Morgan fingerprint density at radius 3 is 2.68 bits per heavy atom. The lowest BCUT2D eigenvalue weighted by molar-refractivity contribution is -0.110. The zero-order valence-corrected chi connectivity index (χ0v) is 11.2. The molecule has 0 atom stereocenters. The number of benzene rings is 1. The molecule has 2 fully saturated rings. The van der Waals surface area contributed by atoms with Crippen LogP contribution in [-0.2, 0) is 16.6 Å². The van der Waals surface area contributed by atoms with E-state index in [2.05, 4.69) is 18.2 Å². The van der Waals surface area contributed by atoms with Gasteiger partial charge in [0, 0.05) is 17.4 Å². The number of aliphatic hydroxyl groups is 1. The Labute approximate surface area is 113 Å². The van der Waals surface area contributed by atoms with Gasteiger partial charge in [-0.2, -0.15) is 0 Å². The molecule has 0 spiro atoms. The molecule has 2 heterocycles. The van der Waals surface area contributed by atoms with Crippen LogP contribution in [0.4, 0.5) is 0 Å². The molecule has 3 aliphatic rings. The quantitative estimate of drug-likeness (QED) is 0.904. The van der Waals surface area contributed by atoms with Crippen molar-refractivity contribution in [2.45, 2.75) is 31.1 Å². The molecule has 0 aromatic heterocycles. The minimum Gasteiger partial charge on any atom is -0.493 e. The highest BCUT2D eigenvalue weighted by atomic mass is 16.5. The van der Waals surface area contributed by atoms with Gasteiger partial charge >= 0.3 is 0 Å². The van der Waals surface area contributed by atoms with Gasteiger partial charge in [0.15, 0.2) is 0 Å². The van der Waals surface area contributed by atoms with E-state index in [0.29, 0.717) is 0 Å². The molecule has 1 aromatic rings. The fraction of sp³-hybridized carbons (Fsp3) is 0.625. The topological polar surface area (TPSA) is 38.7 Å². The van der Waals surface area contributed by atoms with Crippen molar-refractivity contribution in [3.05, 3.63) is 29.3 Å². The number of aliphatic hydroxyl groups excluding tert-OH is 1. The Hall–Kier alpha value is -1.06. The van der Waals surface area contributed by atoms with E-state index in [1.165, 1.54) is 11.1 Å². The van der Waals surface area contributed by atoms with Crippen LogP contribution in [0.25, 0.3) is 0 Å². The molecule has 0 bridgehead atoms. The molecule has 2 aliphatic heterocycles. The first-order valence-corrected chi connectivity index (χ1v) is 7.25. The fourth-order valence-corrected chi connectivity index (χ4v) is 3.68. The summed E-state index contributed by atoms with van der Waals surface area (Å²) in [7, 11) is 0. The normalized spacial score (nSPS) is 25.9. The number of hydrogen-bond acceptors (Lipinski definition) is 3. The van der Waals surface area contributed by atoms with Crippen molar-refractivity contribution in [3.8, 4) is 5.75 Å². The summed E-state index contributed by atoms with van der Waals surface area (Å²) in [6.45, 7) is 2.63. The Morgan fingerprint density at radius 1 is 1.21 bits per heavy atom. The molecule has 1 aliphatic carbocycles. The van der Waals surface area contributed by atoms with Crippen LogP contribution in [0.5, 0.6) is 5.75 Å². The zero-order chi connectivity index (χ0) is 12.9. The van der Waals surface area contributed by atoms with Crippen LogP contribution >= 0.6 is 0 Å². The van der Waals surface area contributed by atoms with Crippen molar-refractivity contribution in [1.29, 1.82) is 0 Å². The molecular weight excluding hydrogens is 240 g/mol. The summed E-state index contributed by atoms with van der Waals surface area (Å²) >= 11 is 0. The van der Waals surface area contributed by atoms with E-state index >= 15 is 0 Å². The summed E-state index contributed by atoms with van der Waals surface area (Å²) in [4.78, 5) is 0. The Bertz CT molecular complexity index is 501. The predicted octanol–water partition coefficient (Wildman–Crippen LogP) is 2.05. The summed E-state index contributed by atoms with van der Waals surface area (Å²) in [6.07, 6.45) is 4.46. The highest BCUT2D eigenvalue weighted by Crippen LogP contribution is 2.62. The third-order valence-corrected chi connectivity index (χ3v) is 5.33. The zero-order valence-electron chi connectivity index (χ0n) is 11.2. The minimum absolute atomic E-state index is 0.0498. The lowest BCUT2D eigenvalue weighted by Crippen LogP contribution is -2.55. The number of hydrogen-bond donors (Lipinski definition) is 1. The van der Waals surface area contributed by atoms with Crippen LogP contribution in [0.2, 0.25) is 0 Å². The second-order valence-corrected chi connectivity index (χ2v) is 6.29. The van der Waals surface area contributed by atoms with E-state index in [-0.39, 0.29) is 17.4 Å². The van der Waals surface area contributed by atoms with Gasteiger partial charge in [-0.25, -0.2) is 0 Å². The van der Waals surface area contributed by atoms with E-state index in [4.69, 9.17) is 9.47 Å². The van der Waals surface area contributed by atoms with E-state index in [1.807, 2.05) is 0 Å². The highest BCUT2D eigenvalue weighted by molar-refractivity contribution is 5.44. The van der Waals surface area contributed by atoms with Crippen molar-refractivity contribution in [2.75, 3.05) is 26.4 Å². The lowest BCUT2D eigenvalue weighted by atomic mass is 9.66. The first kappa shape index (κ1) is 11.7. The molecule has 1 aromatic carbocycles. The van der Waals surface area contributed by atoms with Crippen molar-refractivity contribution in [1.82, 2.24) is 0 Å². The molecule has 0 amide bonds. The molecule has 1 saturated carbocycles. The molecule has 19 heavy (non-hydrogen) atoms. The van der Waals surface area contributed by atoms with Crippen LogP contribution in [0, 0.1) is 5.41 Å². The molecule has 3 heteroatoms. The van der Waals surface area contributed by atoms with Gasteiger partial charge in [0.2, 0.25) is 0 Å². The van der Waals surface area contributed by atoms with Gasteiger partial charge in [-0.05, 0) is 42.9 Å². The first-order chi connectivity index (χ1) is 9.30. The van der Waals surface area contributed by atoms with Gasteiger partial charge in [0.05, 0.1) is 19.8 Å². The monoisotopic (exact) mass is 260 g/mol. The van der Waals surface area contributed by atoms with Crippen LogP contribution in [0.15, 0.2) is 18.2 Å². The number of fused-ring (bicyclic) bond motifs is 1. The van der Waals surface area contributed by atoms with Gasteiger partial charge in [-0.3, -0.25) is 0 Å². The maximum absolute atomic E-state index is 9.78. The largest absolute Gasteiger partial charge is 0.493 e. The second-order valence-electron chi connectivity index (χ2n) is 6.29. The summed E-state index contributed by atoms with van der Waals surface area (Å²) in [5.41, 5.74) is 2.79.